The molecule has 2 rings (SSSR count). The van der Waals surface area contributed by atoms with Crippen molar-refractivity contribution >= 4 is 73.5 Å². The molecule has 0 aliphatic heterocycles. The van der Waals surface area contributed by atoms with Gasteiger partial charge in [-0.25, -0.2) is 0 Å². The fourth-order valence-electron chi connectivity index (χ4n) is 1.62. The molecule has 2 aromatic rings. The van der Waals surface area contributed by atoms with Gasteiger partial charge in [0.2, 0.25) is 0 Å². The zero-order chi connectivity index (χ0) is 13.3. The van der Waals surface area contributed by atoms with Gasteiger partial charge in [0.05, 0.1) is 0 Å². The molecule has 0 radical (unpaired) electrons. The third-order valence-corrected chi connectivity index (χ3v) is 5.18. The van der Waals surface area contributed by atoms with Crippen LogP contribution in [-0.2, 0) is 4.74 Å². The van der Waals surface area contributed by atoms with Crippen LogP contribution in [0.5, 0.6) is 0 Å². The van der Waals surface area contributed by atoms with E-state index in [1.54, 1.807) is 22.7 Å². The Morgan fingerprint density at radius 3 is 2.89 bits per heavy atom. The molecule has 0 saturated carbocycles. The Bertz CT molecular complexity index is 626. The fraction of sp³-hybridized carbons (Fsp3) is 0.100. The van der Waals surface area contributed by atoms with Crippen molar-refractivity contribution in [3.63, 3.8) is 0 Å². The van der Waals surface area contributed by atoms with Gasteiger partial charge in [-0.2, -0.15) is 0 Å². The van der Waals surface area contributed by atoms with Crippen LogP contribution in [0.2, 0.25) is 0 Å². The molecule has 2 aromatic heterocycles. The Morgan fingerprint density at radius 1 is 1.56 bits per heavy atom. The van der Waals surface area contributed by atoms with Crippen LogP contribution in [0.3, 0.4) is 0 Å². The Morgan fingerprint density at radius 2 is 2.28 bits per heavy atom. The number of aromatic nitrogens is 2. The van der Waals surface area contributed by atoms with Crippen LogP contribution in [0.15, 0.2) is 24.4 Å². The topological polar surface area (TPSA) is 63.9 Å². The number of hydrogen-bond donors (Lipinski definition) is 0. The van der Waals surface area contributed by atoms with E-state index in [1.807, 2.05) is -5.82 Å². The van der Waals surface area contributed by atoms with Crippen molar-refractivity contribution in [1.82, 2.24) is 3.56 Å². The molecule has 0 aliphatic carbocycles. The van der Waals surface area contributed by atoms with Crippen LogP contribution >= 0.6 is 0 Å². The predicted molar refractivity (Wildman–Crippen MR) is 59.9 cm³/mol. The average molecular weight is 530 g/mol. The van der Waals surface area contributed by atoms with Gasteiger partial charge in [-0.15, -0.1) is 0 Å². The van der Waals surface area contributed by atoms with Crippen molar-refractivity contribution in [2.24, 2.45) is 0 Å². The molecule has 8 heteroatoms. The molecule has 0 N–H and O–H groups in total. The fourth-order valence-corrected chi connectivity index (χ4v) is 3.13. The molecule has 0 saturated heterocycles. The monoisotopic (exact) mass is 529 g/mol. The van der Waals surface area contributed by atoms with Gasteiger partial charge in [-0.1, -0.05) is 0 Å². The maximum atomic E-state index is 12.2. The second kappa shape index (κ2) is 6.57. The molecular weight excluding hydrogens is 522 g/mol. The van der Waals surface area contributed by atoms with Crippen LogP contribution < -0.4 is 0 Å². The van der Waals surface area contributed by atoms with E-state index >= 15 is 0 Å². The van der Waals surface area contributed by atoms with E-state index in [9.17, 15) is 9.59 Å². The summed E-state index contributed by atoms with van der Waals surface area (Å²) in [5, 5.41) is 0. The van der Waals surface area contributed by atoms with Crippen molar-refractivity contribution in [3.8, 4) is 0 Å². The van der Waals surface area contributed by atoms with E-state index in [2.05, 4.69) is 9.72 Å². The molecular formula is C10H8N3O3RaRb. The predicted octanol–water partition coefficient (Wildman–Crippen LogP) is -0.157. The summed E-state index contributed by atoms with van der Waals surface area (Å²) < 4.78 is 8.23. The number of amides is 1. The van der Waals surface area contributed by atoms with Crippen molar-refractivity contribution in [2.45, 2.75) is 0 Å². The zero-order valence-corrected chi connectivity index (χ0v) is 23.5. The first-order valence-corrected chi connectivity index (χ1v) is 11.2. The number of carbonyl (C=O) groups excluding carboxylic acids is 2. The summed E-state index contributed by atoms with van der Waals surface area (Å²) in [4.78, 5) is 27.8. The van der Waals surface area contributed by atoms with E-state index in [-0.39, 0.29) is 111 Å². The number of esters is 1. The zero-order valence-electron chi connectivity index (χ0n) is 10.4. The van der Waals surface area contributed by atoms with Crippen molar-refractivity contribution < 1.29 is 57.5 Å². The van der Waals surface area contributed by atoms with Crippen molar-refractivity contribution in [3.05, 3.63) is 35.8 Å². The molecule has 0 aliphatic rings. The van der Waals surface area contributed by atoms with Gasteiger partial charge in [0.15, 0.2) is 0 Å². The normalized spacial score (nSPS) is 10.3. The quantitative estimate of drug-likeness (QED) is 0.508. The minimum atomic E-state index is -0.528. The van der Waals surface area contributed by atoms with Gasteiger partial charge < -0.3 is 0 Å². The van der Waals surface area contributed by atoms with Gasteiger partial charge >= 0.3 is 178 Å². The average Bonchev–Trinajstić information content (AvgIpc) is 2.83. The standard InChI is InChI=1S/C10H7N3O3.Ra.Rb.H/c1-16-10(15)6-5-7(9(11)14)13-4-2-3-8(13)12-6;;;/h2-5H,1H3;;;. The number of methoxy groups -OCH3 is 1. The molecule has 84 valence electrons. The van der Waals surface area contributed by atoms with Crippen molar-refractivity contribution in [2.75, 3.05) is 7.11 Å². The molecule has 0 atom stereocenters. The third kappa shape index (κ3) is 3.14. The summed E-state index contributed by atoms with van der Waals surface area (Å²) in [5.74, 6) is -0.537. The second-order valence-electron chi connectivity index (χ2n) is 3.95. The molecule has 0 aromatic carbocycles. The van der Waals surface area contributed by atoms with Crippen LogP contribution in [0.4, 0.5) is 0 Å². The summed E-state index contributed by atoms with van der Waals surface area (Å²) in [6, 6.07) is 5.05. The first-order valence-electron chi connectivity index (χ1n) is 5.32. The Hall–Kier alpha value is 0.903. The van der Waals surface area contributed by atoms with Crippen LogP contribution in [-0.4, -0.2) is 78.6 Å². The first kappa shape index (κ1) is 15.3. The van der Waals surface area contributed by atoms with Crippen LogP contribution in [0.1, 0.15) is 21.0 Å². The number of hydrogen-bond acceptors (Lipinski definition) is 4. The van der Waals surface area contributed by atoms with Gasteiger partial charge in [-0.3, -0.25) is 0 Å². The molecule has 18 heavy (non-hydrogen) atoms. The Labute approximate surface area is 173 Å². The molecule has 6 nitrogen and oxygen atoms in total. The first-order chi connectivity index (χ1) is 8.54. The molecule has 0 fully saturated rings. The molecule has 2 heterocycles. The van der Waals surface area contributed by atoms with E-state index in [1.165, 1.54) is 13.2 Å². The van der Waals surface area contributed by atoms with Gasteiger partial charge in [0.25, 0.3) is 0 Å². The third-order valence-electron chi connectivity index (χ3n) is 2.52. The summed E-state index contributed by atoms with van der Waals surface area (Å²) in [6.45, 7) is 0. The molecule has 0 bridgehead atoms. The van der Waals surface area contributed by atoms with Crippen LogP contribution in [0, 0.1) is 43.2 Å². The summed E-state index contributed by atoms with van der Waals surface area (Å²) in [6.07, 6.45) is 1.77. The number of carbonyl (C=O) groups is 2. The van der Waals surface area contributed by atoms with E-state index in [4.69, 9.17) is 0 Å². The SMILES string of the molecule is COC(=O)c1cc(C(=O)[N]([Rb])[RaH])n2cccc2n1. The van der Waals surface area contributed by atoms with Gasteiger partial charge in [-0.05, 0) is 0 Å². The van der Waals surface area contributed by atoms with E-state index in [0.29, 0.717) is 11.3 Å². The summed E-state index contributed by atoms with van der Waals surface area (Å²) in [7, 11) is 1.30. The van der Waals surface area contributed by atoms with E-state index in [0.717, 1.165) is 0 Å². The number of rotatable bonds is 2. The number of ether oxygens (including phenoxy) is 1. The van der Waals surface area contributed by atoms with Gasteiger partial charge in [0.1, 0.15) is 0 Å². The Balaban J connectivity index is 2.66. The van der Waals surface area contributed by atoms with Crippen LogP contribution in [0.25, 0.3) is 5.65 Å². The minimum absolute atomic E-state index is 0.00948. The summed E-state index contributed by atoms with van der Waals surface area (Å²) >= 11 is 0.177. The summed E-state index contributed by atoms with van der Waals surface area (Å²) in [5.41, 5.74) is 1.23. The molecule has 1 amide bonds. The Kier molecular flexibility index (Phi) is 5.58. The van der Waals surface area contributed by atoms with Crippen molar-refractivity contribution in [1.29, 1.82) is 0 Å². The van der Waals surface area contributed by atoms with E-state index < -0.39 is 5.97 Å². The molecule has 0 spiro atoms. The van der Waals surface area contributed by atoms with Gasteiger partial charge in [0, 0.05) is 0 Å². The number of fused-ring (bicyclic) bond motifs is 1. The number of nitrogens with zero attached hydrogens (tertiary/aromatic N) is 3. The molecule has 0 unspecified atom stereocenters. The second-order valence-corrected chi connectivity index (χ2v) is 30.8. The maximum absolute atomic E-state index is 12.2.